The van der Waals surface area contributed by atoms with E-state index < -0.39 is 6.10 Å². The summed E-state index contributed by atoms with van der Waals surface area (Å²) in [5.74, 6) is 0.812. The topological polar surface area (TPSA) is 72.8 Å². The second-order valence-corrected chi connectivity index (χ2v) is 6.93. The van der Waals surface area contributed by atoms with Gasteiger partial charge in [-0.05, 0) is 24.6 Å². The number of carbonyl (C=O) groups is 1. The molecule has 25 heavy (non-hydrogen) atoms. The quantitative estimate of drug-likeness (QED) is 0.664. The molecule has 0 aromatic heterocycles. The number of rotatable bonds is 7. The maximum atomic E-state index is 12.2. The summed E-state index contributed by atoms with van der Waals surface area (Å²) in [6.07, 6.45) is -0.943. The number of benzene rings is 2. The van der Waals surface area contributed by atoms with Crippen LogP contribution in [0.3, 0.4) is 0 Å². The van der Waals surface area contributed by atoms with Gasteiger partial charge in [-0.2, -0.15) is 0 Å². The summed E-state index contributed by atoms with van der Waals surface area (Å²) in [4.78, 5) is 14.6. The molecule has 0 aliphatic rings. The number of nitrogens with one attached hydrogen (secondary N) is 1. The van der Waals surface area contributed by atoms with Crippen molar-refractivity contribution in [2.24, 2.45) is 0 Å². The van der Waals surface area contributed by atoms with Crippen LogP contribution in [0.5, 0.6) is 0 Å². The Morgan fingerprint density at radius 1 is 1.20 bits per heavy atom. The number of aryl methyl sites for hydroxylation is 1. The summed E-state index contributed by atoms with van der Waals surface area (Å²) in [5, 5.41) is 21.2. The number of likely N-dealkylation sites (N-methyl/N-ethyl adjacent to an activating group) is 1. The number of aliphatic hydroxyl groups excluding tert-OH is 2. The van der Waals surface area contributed by atoms with E-state index in [0.717, 1.165) is 16.3 Å². The zero-order chi connectivity index (χ0) is 18.2. The Kier molecular flexibility index (Phi) is 7.31. The number of thioether (sulfide) groups is 1. The SMILES string of the molecule is Cc1ccc(CSc2ccccc2NC(=O)N(C)C[C@@H](O)CO)cc1. The molecule has 0 radical (unpaired) electrons. The van der Waals surface area contributed by atoms with Gasteiger partial charge in [0, 0.05) is 17.7 Å². The molecule has 2 rings (SSSR count). The van der Waals surface area contributed by atoms with E-state index in [2.05, 4.69) is 36.5 Å². The lowest BCUT2D eigenvalue weighted by molar-refractivity contribution is 0.0750. The van der Waals surface area contributed by atoms with Gasteiger partial charge in [0.15, 0.2) is 0 Å². The number of anilines is 1. The van der Waals surface area contributed by atoms with Crippen LogP contribution >= 0.6 is 11.8 Å². The van der Waals surface area contributed by atoms with Crippen molar-refractivity contribution in [3.8, 4) is 0 Å². The predicted molar refractivity (Wildman–Crippen MR) is 102 cm³/mol. The number of carbonyl (C=O) groups excluding carboxylic acids is 1. The van der Waals surface area contributed by atoms with Crippen molar-refractivity contribution in [2.45, 2.75) is 23.7 Å². The first-order chi connectivity index (χ1) is 12.0. The molecule has 2 amide bonds. The van der Waals surface area contributed by atoms with Crippen LogP contribution in [0.4, 0.5) is 10.5 Å². The highest BCUT2D eigenvalue weighted by Crippen LogP contribution is 2.30. The van der Waals surface area contributed by atoms with Gasteiger partial charge in [-0.3, -0.25) is 0 Å². The Morgan fingerprint density at radius 3 is 2.56 bits per heavy atom. The molecule has 3 N–H and O–H groups in total. The molecular formula is C19H24N2O3S. The summed E-state index contributed by atoms with van der Waals surface area (Å²) in [6.45, 7) is 1.76. The van der Waals surface area contributed by atoms with E-state index in [1.54, 1.807) is 18.8 Å². The molecule has 134 valence electrons. The molecule has 0 saturated heterocycles. The van der Waals surface area contributed by atoms with Crippen molar-refractivity contribution >= 4 is 23.5 Å². The molecule has 0 unspecified atom stereocenters. The van der Waals surface area contributed by atoms with Crippen LogP contribution in [-0.4, -0.2) is 47.4 Å². The van der Waals surface area contributed by atoms with E-state index in [1.165, 1.54) is 16.0 Å². The van der Waals surface area contributed by atoms with Gasteiger partial charge in [-0.15, -0.1) is 11.8 Å². The zero-order valence-corrected chi connectivity index (χ0v) is 15.3. The Morgan fingerprint density at radius 2 is 1.88 bits per heavy atom. The number of para-hydroxylation sites is 1. The summed E-state index contributed by atoms with van der Waals surface area (Å²) >= 11 is 1.66. The minimum atomic E-state index is -0.943. The van der Waals surface area contributed by atoms with Gasteiger partial charge in [0.25, 0.3) is 0 Å². The van der Waals surface area contributed by atoms with E-state index in [-0.39, 0.29) is 19.2 Å². The van der Waals surface area contributed by atoms with Gasteiger partial charge in [-0.25, -0.2) is 4.79 Å². The van der Waals surface area contributed by atoms with E-state index in [0.29, 0.717) is 0 Å². The molecule has 2 aromatic rings. The molecule has 0 aliphatic carbocycles. The van der Waals surface area contributed by atoms with Crippen molar-refractivity contribution in [2.75, 3.05) is 25.5 Å². The highest BCUT2D eigenvalue weighted by Gasteiger charge is 2.14. The van der Waals surface area contributed by atoms with Gasteiger partial charge in [0.1, 0.15) is 0 Å². The molecule has 0 spiro atoms. The standard InChI is InChI=1S/C19H24N2O3S/c1-14-7-9-15(10-8-14)13-25-18-6-4-3-5-17(18)20-19(24)21(2)11-16(23)12-22/h3-10,16,22-23H,11-13H2,1-2H3,(H,20,24)/t16-/m1/s1. The third-order valence-electron chi connectivity index (χ3n) is 3.69. The lowest BCUT2D eigenvalue weighted by Gasteiger charge is -2.21. The van der Waals surface area contributed by atoms with Gasteiger partial charge in [0.2, 0.25) is 0 Å². The minimum Gasteiger partial charge on any atom is -0.394 e. The van der Waals surface area contributed by atoms with Crippen molar-refractivity contribution in [1.82, 2.24) is 4.90 Å². The molecule has 1 atom stereocenters. The third kappa shape index (κ3) is 6.08. The second kappa shape index (κ2) is 9.46. The lowest BCUT2D eigenvalue weighted by Crippen LogP contribution is -2.38. The maximum Gasteiger partial charge on any atom is 0.321 e. The average molecular weight is 360 g/mol. The first-order valence-corrected chi connectivity index (χ1v) is 9.06. The van der Waals surface area contributed by atoms with Crippen LogP contribution in [0.1, 0.15) is 11.1 Å². The third-order valence-corrected chi connectivity index (χ3v) is 4.83. The van der Waals surface area contributed by atoms with Crippen LogP contribution < -0.4 is 5.32 Å². The molecular weight excluding hydrogens is 336 g/mol. The van der Waals surface area contributed by atoms with Crippen LogP contribution in [0, 0.1) is 6.92 Å². The largest absolute Gasteiger partial charge is 0.394 e. The Balaban J connectivity index is 1.99. The summed E-state index contributed by atoms with van der Waals surface area (Å²) in [6, 6.07) is 15.7. The van der Waals surface area contributed by atoms with Gasteiger partial charge < -0.3 is 20.4 Å². The Bertz CT molecular complexity index is 691. The highest BCUT2D eigenvalue weighted by molar-refractivity contribution is 7.98. The Labute approximate surface area is 152 Å². The average Bonchev–Trinajstić information content (AvgIpc) is 2.62. The van der Waals surface area contributed by atoms with Gasteiger partial charge >= 0.3 is 6.03 Å². The lowest BCUT2D eigenvalue weighted by atomic mass is 10.2. The van der Waals surface area contributed by atoms with Crippen LogP contribution in [0.25, 0.3) is 0 Å². The van der Waals surface area contributed by atoms with Crippen LogP contribution in [0.2, 0.25) is 0 Å². The van der Waals surface area contributed by atoms with E-state index >= 15 is 0 Å². The fraction of sp³-hybridized carbons (Fsp3) is 0.316. The van der Waals surface area contributed by atoms with Gasteiger partial charge in [-0.1, -0.05) is 42.0 Å². The molecule has 5 nitrogen and oxygen atoms in total. The summed E-state index contributed by atoms with van der Waals surface area (Å²) in [5.41, 5.74) is 3.18. The molecule has 0 fully saturated rings. The number of hydrogen-bond donors (Lipinski definition) is 3. The zero-order valence-electron chi connectivity index (χ0n) is 14.5. The predicted octanol–water partition coefficient (Wildman–Crippen LogP) is 3.10. The smallest absolute Gasteiger partial charge is 0.321 e. The molecule has 6 heteroatoms. The van der Waals surface area contributed by atoms with Crippen molar-refractivity contribution in [3.05, 3.63) is 59.7 Å². The van der Waals surface area contributed by atoms with E-state index in [1.807, 2.05) is 24.3 Å². The maximum absolute atomic E-state index is 12.2. The molecule has 0 saturated carbocycles. The van der Waals surface area contributed by atoms with Gasteiger partial charge in [0.05, 0.1) is 24.9 Å². The van der Waals surface area contributed by atoms with Crippen molar-refractivity contribution in [1.29, 1.82) is 0 Å². The molecule has 0 bridgehead atoms. The number of urea groups is 1. The highest BCUT2D eigenvalue weighted by atomic mass is 32.2. The first-order valence-electron chi connectivity index (χ1n) is 8.08. The summed E-state index contributed by atoms with van der Waals surface area (Å²) < 4.78 is 0. The van der Waals surface area contributed by atoms with E-state index in [4.69, 9.17) is 5.11 Å². The normalized spacial score (nSPS) is 11.8. The molecule has 0 heterocycles. The second-order valence-electron chi connectivity index (χ2n) is 5.92. The minimum absolute atomic E-state index is 0.0704. The van der Waals surface area contributed by atoms with Crippen molar-refractivity contribution < 1.29 is 15.0 Å². The van der Waals surface area contributed by atoms with Crippen LogP contribution in [0.15, 0.2) is 53.4 Å². The number of hydrogen-bond acceptors (Lipinski definition) is 4. The number of amides is 2. The monoisotopic (exact) mass is 360 g/mol. The van der Waals surface area contributed by atoms with E-state index in [9.17, 15) is 9.90 Å². The summed E-state index contributed by atoms with van der Waals surface area (Å²) in [7, 11) is 1.58. The number of nitrogens with zero attached hydrogens (tertiary/aromatic N) is 1. The molecule has 0 aliphatic heterocycles. The number of aliphatic hydroxyl groups is 2. The van der Waals surface area contributed by atoms with Crippen molar-refractivity contribution in [3.63, 3.8) is 0 Å². The first kappa shape index (κ1) is 19.3. The fourth-order valence-electron chi connectivity index (χ4n) is 2.21. The van der Waals surface area contributed by atoms with Crippen LogP contribution in [-0.2, 0) is 5.75 Å². The fourth-order valence-corrected chi connectivity index (χ4v) is 3.17. The molecule has 2 aromatic carbocycles. The Hall–Kier alpha value is -2.02.